The fourth-order valence-electron chi connectivity index (χ4n) is 14.3. The van der Waals surface area contributed by atoms with Crippen LogP contribution in [0.25, 0.3) is 0 Å². The second kappa shape index (κ2) is 104. The van der Waals surface area contributed by atoms with Gasteiger partial charge in [-0.2, -0.15) is 0 Å². The number of unbranched alkanes of at least 4 members (excludes halogenated alkanes) is 81. The molecule has 94 heavy (non-hydrogen) atoms. The third-order valence-corrected chi connectivity index (χ3v) is 21.0. The predicted molar refractivity (Wildman–Crippen MR) is 425 cm³/mol. The molecular weight excluding hydrogens is 1160 g/mol. The van der Waals surface area contributed by atoms with Crippen LogP contribution in [0.1, 0.15) is 560 Å². The van der Waals surface area contributed by atoms with Crippen molar-refractivity contribution >= 4 is 17.4 Å². The molecule has 0 N–H and O–H groups in total. The van der Waals surface area contributed by atoms with Gasteiger partial charge in [0.05, 0.1) is 0 Å². The van der Waals surface area contributed by atoms with Crippen LogP contribution >= 0.6 is 0 Å². The molecule has 0 aromatic carbocycles. The fourth-order valence-corrected chi connectivity index (χ4v) is 14.3. The Morgan fingerprint density at radius 3 is 0.202 bits per heavy atom. The summed E-state index contributed by atoms with van der Waals surface area (Å²) in [6.07, 6.45) is 119. The molecule has 0 saturated carbocycles. The van der Waals surface area contributed by atoms with E-state index in [1.807, 2.05) is 0 Å². The van der Waals surface area contributed by atoms with E-state index in [0.717, 1.165) is 38.5 Å². The first-order valence-corrected chi connectivity index (χ1v) is 45.0. The second-order valence-electron chi connectivity index (χ2n) is 30.8. The first-order chi connectivity index (χ1) is 46.2. The van der Waals surface area contributed by atoms with Crippen LogP contribution in [0.15, 0.2) is 0 Å². The molecule has 0 heterocycles. The summed E-state index contributed by atoms with van der Waals surface area (Å²) in [6, 6.07) is 0. The van der Waals surface area contributed by atoms with Crippen molar-refractivity contribution < 1.29 is 15.3 Å². The van der Waals surface area contributed by atoms with Crippen molar-refractivity contribution in [2.24, 2.45) is 0 Å². The van der Waals surface area contributed by atoms with Crippen LogP contribution in [0.3, 0.4) is 0 Å². The van der Waals surface area contributed by atoms with Crippen molar-refractivity contribution in [2.45, 2.75) is 560 Å². The van der Waals surface area contributed by atoms with E-state index in [1.165, 1.54) is 501 Å². The van der Waals surface area contributed by atoms with Crippen molar-refractivity contribution in [1.82, 2.24) is 0 Å². The summed E-state index contributed by atoms with van der Waals surface area (Å²) in [5.41, 5.74) is 0. The second-order valence-corrected chi connectivity index (χ2v) is 30.8. The molecule has 0 aliphatic carbocycles. The Morgan fingerprint density at radius 1 is 0.0957 bits per heavy atom. The Kier molecular flexibility index (Phi) is 112. The van der Waals surface area contributed by atoms with E-state index < -0.39 is 0 Å². The molecule has 564 valence electrons. The first kappa shape index (κ1) is 101. The van der Waals surface area contributed by atoms with Gasteiger partial charge in [-0.05, 0) is 0 Å². The maximum absolute atomic E-state index is 10.4. The minimum Gasteiger partial charge on any atom is -0.854 e. The maximum atomic E-state index is 10.4. The van der Waals surface area contributed by atoms with Crippen LogP contribution in [0, 0.1) is 0 Å². The Morgan fingerprint density at radius 2 is 0.149 bits per heavy atom. The minimum absolute atomic E-state index is 0. The molecule has 0 radical (unpaired) electrons. The van der Waals surface area contributed by atoms with E-state index >= 15 is 0 Å². The molecule has 0 spiro atoms. The molecule has 0 aliphatic rings. The molecule has 0 unspecified atom stereocenters. The van der Waals surface area contributed by atoms with Gasteiger partial charge in [0.25, 0.3) is 0 Å². The van der Waals surface area contributed by atoms with Crippen molar-refractivity contribution in [3.8, 4) is 0 Å². The topological polar surface area (TPSA) is 69.2 Å². The van der Waals surface area contributed by atoms with E-state index in [-0.39, 0.29) is 37.2 Å². The molecule has 0 rings (SSSR count). The van der Waals surface area contributed by atoms with Gasteiger partial charge in [-0.25, -0.2) is 0 Å². The zero-order valence-corrected chi connectivity index (χ0v) is 67.5. The molecule has 0 aromatic rings. The molecule has 0 atom stereocenters. The standard InChI is InChI=1S/3C30H61O.Al/c3*1-2-3-4-5-6-7-8-9-10-11-12-13-14-15-16-17-18-19-20-21-22-23-24-25-26-27-28-29-30-31;/h3*2-30H2,1H3;/q3*-1;+3. The van der Waals surface area contributed by atoms with E-state index in [9.17, 15) is 15.3 Å². The molecule has 0 fully saturated rings. The van der Waals surface area contributed by atoms with E-state index in [2.05, 4.69) is 20.8 Å². The maximum Gasteiger partial charge on any atom is 3.00 e. The van der Waals surface area contributed by atoms with Gasteiger partial charge in [0.2, 0.25) is 0 Å². The van der Waals surface area contributed by atoms with Gasteiger partial charge in [-0.3, -0.25) is 0 Å². The molecule has 0 aliphatic heterocycles. The van der Waals surface area contributed by atoms with Gasteiger partial charge in [-0.15, -0.1) is 19.8 Å². The van der Waals surface area contributed by atoms with Crippen LogP contribution in [0.4, 0.5) is 0 Å². The minimum atomic E-state index is 0. The Labute approximate surface area is 608 Å². The van der Waals surface area contributed by atoms with Crippen molar-refractivity contribution in [2.75, 3.05) is 19.8 Å². The summed E-state index contributed by atoms with van der Waals surface area (Å²) >= 11 is 0. The van der Waals surface area contributed by atoms with Gasteiger partial charge >= 0.3 is 17.4 Å². The predicted octanol–water partition coefficient (Wildman–Crippen LogP) is 30.5. The number of hydrogen-bond acceptors (Lipinski definition) is 3. The van der Waals surface area contributed by atoms with E-state index in [1.54, 1.807) is 0 Å². The molecule has 3 nitrogen and oxygen atoms in total. The Hall–Kier alpha value is 0.412. The quantitative estimate of drug-likeness (QED) is 0.0450. The van der Waals surface area contributed by atoms with Gasteiger partial charge in [0.15, 0.2) is 0 Å². The van der Waals surface area contributed by atoms with Crippen LogP contribution < -0.4 is 15.3 Å². The van der Waals surface area contributed by atoms with E-state index in [4.69, 9.17) is 0 Å². The smallest absolute Gasteiger partial charge is 0.854 e. The third-order valence-electron chi connectivity index (χ3n) is 21.0. The molecule has 0 amide bonds. The Balaban J connectivity index is -0.000000643. The molecule has 0 saturated heterocycles. The number of rotatable bonds is 84. The van der Waals surface area contributed by atoms with Crippen LogP contribution in [-0.2, 0) is 0 Å². The van der Waals surface area contributed by atoms with E-state index in [0.29, 0.717) is 0 Å². The van der Waals surface area contributed by atoms with Crippen LogP contribution in [0.5, 0.6) is 0 Å². The zero-order chi connectivity index (χ0) is 67.5. The van der Waals surface area contributed by atoms with Gasteiger partial charge in [0, 0.05) is 0 Å². The number of hydrogen-bond donors (Lipinski definition) is 0. The van der Waals surface area contributed by atoms with Crippen molar-refractivity contribution in [3.63, 3.8) is 0 Å². The zero-order valence-electron chi connectivity index (χ0n) is 66.3. The molecule has 0 bridgehead atoms. The first-order valence-electron chi connectivity index (χ1n) is 45.0. The average Bonchev–Trinajstić information content (AvgIpc) is 3.58. The Bertz CT molecular complexity index is 926. The van der Waals surface area contributed by atoms with Crippen molar-refractivity contribution in [1.29, 1.82) is 0 Å². The largest absolute Gasteiger partial charge is 3.00 e. The van der Waals surface area contributed by atoms with Crippen LogP contribution in [-0.4, -0.2) is 37.2 Å². The molecule has 0 aromatic heterocycles. The van der Waals surface area contributed by atoms with Gasteiger partial charge in [0.1, 0.15) is 0 Å². The van der Waals surface area contributed by atoms with Crippen molar-refractivity contribution in [3.05, 3.63) is 0 Å². The fraction of sp³-hybridized carbons (Fsp3) is 1.00. The SMILES string of the molecule is CCCCCCCCCCCCCCCCCCCCCCCCCCCCCC[O-].CCCCCCCCCCCCCCCCCCCCCCCCCCCCCC[O-].CCCCCCCCCCCCCCCCCCCCCCCCCCCCCC[O-].[Al+3]. The third kappa shape index (κ3) is 108. The normalized spacial score (nSPS) is 11.3. The summed E-state index contributed by atoms with van der Waals surface area (Å²) in [6.45, 7) is 7.28. The van der Waals surface area contributed by atoms with Gasteiger partial charge in [-0.1, -0.05) is 560 Å². The molecule has 4 heteroatoms. The van der Waals surface area contributed by atoms with Gasteiger partial charge < -0.3 is 15.3 Å². The average molecular weight is 1340 g/mol. The monoisotopic (exact) mass is 1340 g/mol. The summed E-state index contributed by atoms with van der Waals surface area (Å²) < 4.78 is 0. The molecular formula is C90H183AlO3. The summed E-state index contributed by atoms with van der Waals surface area (Å²) in [5.74, 6) is 0. The summed E-state index contributed by atoms with van der Waals surface area (Å²) in [5, 5.41) is 31.1. The summed E-state index contributed by atoms with van der Waals surface area (Å²) in [4.78, 5) is 0. The summed E-state index contributed by atoms with van der Waals surface area (Å²) in [7, 11) is 0. The van der Waals surface area contributed by atoms with Crippen LogP contribution in [0.2, 0.25) is 0 Å².